The number of hydrogen-bond acceptors (Lipinski definition) is 4. The second-order valence-electron chi connectivity index (χ2n) is 5.94. The van der Waals surface area contributed by atoms with Crippen LogP contribution in [-0.2, 0) is 13.1 Å². The van der Waals surface area contributed by atoms with Crippen LogP contribution < -0.4 is 20.1 Å². The Morgan fingerprint density at radius 3 is 2.58 bits per heavy atom. The van der Waals surface area contributed by atoms with Gasteiger partial charge >= 0.3 is 12.8 Å². The fraction of sp³-hybridized carbons (Fsp3) is 0.368. The van der Waals surface area contributed by atoms with Gasteiger partial charge in [-0.25, -0.2) is 9.98 Å². The molecule has 1 aromatic heterocycles. The Bertz CT molecular complexity index is 837. The maximum atomic E-state index is 12.5. The zero-order chi connectivity index (χ0) is 22.0. The summed E-state index contributed by atoms with van der Waals surface area (Å²) in [5.74, 6) is 0.284. The van der Waals surface area contributed by atoms with Crippen LogP contribution >= 0.6 is 24.0 Å². The molecule has 0 atom stereocenters. The number of nitrogens with zero attached hydrogens (tertiary/aromatic N) is 2. The van der Waals surface area contributed by atoms with Gasteiger partial charge in [-0.05, 0) is 24.6 Å². The van der Waals surface area contributed by atoms with E-state index in [1.165, 1.54) is 18.3 Å². The smallest absolute Gasteiger partial charge is 0.422 e. The molecule has 0 amide bonds. The molecule has 0 aliphatic heterocycles. The van der Waals surface area contributed by atoms with E-state index in [9.17, 15) is 22.0 Å². The normalized spacial score (nSPS) is 11.6. The van der Waals surface area contributed by atoms with Crippen molar-refractivity contribution in [2.45, 2.75) is 32.8 Å². The predicted molar refractivity (Wildman–Crippen MR) is 116 cm³/mol. The Labute approximate surface area is 193 Å². The standard InChI is InChI=1S/C19H21F5N4O2.HI/c1-2-25-18(28-11-14-5-3-4-6-15(14)30-17(20)21)27-10-13-7-8-26-16(9-13)29-12-19(22,23)24;/h3-9,17H,2,10-12H2,1H3,(H2,25,27,28);1H. The Morgan fingerprint density at radius 2 is 1.90 bits per heavy atom. The fourth-order valence-corrected chi connectivity index (χ4v) is 2.34. The molecule has 2 aromatic rings. The highest BCUT2D eigenvalue weighted by Gasteiger charge is 2.28. The van der Waals surface area contributed by atoms with Gasteiger partial charge in [-0.15, -0.1) is 24.0 Å². The van der Waals surface area contributed by atoms with E-state index in [0.717, 1.165) is 0 Å². The number of rotatable bonds is 9. The van der Waals surface area contributed by atoms with Crippen molar-refractivity contribution in [1.82, 2.24) is 15.6 Å². The number of alkyl halides is 5. The lowest BCUT2D eigenvalue weighted by atomic mass is 10.2. The Kier molecular flexibility index (Phi) is 11.3. The van der Waals surface area contributed by atoms with Crippen molar-refractivity contribution in [3.8, 4) is 11.6 Å². The molecular weight excluding hydrogens is 538 g/mol. The number of nitrogens with one attached hydrogen (secondary N) is 2. The lowest BCUT2D eigenvalue weighted by Gasteiger charge is -2.14. The molecule has 12 heteroatoms. The number of ether oxygens (including phenoxy) is 2. The van der Waals surface area contributed by atoms with E-state index in [1.54, 1.807) is 24.3 Å². The zero-order valence-corrected chi connectivity index (χ0v) is 18.8. The molecular formula is C19H22F5IN4O2. The number of pyridine rings is 1. The van der Waals surface area contributed by atoms with Gasteiger partial charge < -0.3 is 20.1 Å². The van der Waals surface area contributed by atoms with Gasteiger partial charge in [0.2, 0.25) is 5.88 Å². The highest BCUT2D eigenvalue weighted by molar-refractivity contribution is 14.0. The van der Waals surface area contributed by atoms with Crippen LogP contribution in [0, 0.1) is 0 Å². The summed E-state index contributed by atoms with van der Waals surface area (Å²) < 4.78 is 71.0. The first-order chi connectivity index (χ1) is 14.3. The van der Waals surface area contributed by atoms with Crippen LogP contribution in [0.25, 0.3) is 0 Å². The number of guanidine groups is 1. The van der Waals surface area contributed by atoms with Crippen molar-refractivity contribution in [2.24, 2.45) is 4.99 Å². The lowest BCUT2D eigenvalue weighted by molar-refractivity contribution is -0.154. The largest absolute Gasteiger partial charge is 0.468 e. The summed E-state index contributed by atoms with van der Waals surface area (Å²) in [4.78, 5) is 8.08. The second kappa shape index (κ2) is 13.1. The van der Waals surface area contributed by atoms with Crippen molar-refractivity contribution in [1.29, 1.82) is 0 Å². The van der Waals surface area contributed by atoms with Crippen molar-refractivity contribution in [3.05, 3.63) is 53.7 Å². The maximum absolute atomic E-state index is 12.5. The van der Waals surface area contributed by atoms with Crippen LogP contribution in [-0.4, -0.2) is 36.9 Å². The van der Waals surface area contributed by atoms with Crippen LogP contribution in [0.5, 0.6) is 11.6 Å². The van der Waals surface area contributed by atoms with Crippen LogP contribution in [0.15, 0.2) is 47.6 Å². The Morgan fingerprint density at radius 1 is 1.16 bits per heavy atom. The van der Waals surface area contributed by atoms with Crippen LogP contribution in [0.2, 0.25) is 0 Å². The minimum Gasteiger partial charge on any atom is -0.468 e. The van der Waals surface area contributed by atoms with Gasteiger partial charge in [0.25, 0.3) is 0 Å². The Hall–Kier alpha value is -2.38. The molecule has 1 aromatic carbocycles. The van der Waals surface area contributed by atoms with Gasteiger partial charge in [0, 0.05) is 30.9 Å². The van der Waals surface area contributed by atoms with Gasteiger partial charge in [0.15, 0.2) is 12.6 Å². The number of aromatic nitrogens is 1. The van der Waals surface area contributed by atoms with Crippen LogP contribution in [0.1, 0.15) is 18.1 Å². The first-order valence-corrected chi connectivity index (χ1v) is 8.96. The molecule has 172 valence electrons. The molecule has 0 radical (unpaired) electrons. The van der Waals surface area contributed by atoms with E-state index in [-0.39, 0.29) is 48.7 Å². The van der Waals surface area contributed by atoms with E-state index in [4.69, 9.17) is 0 Å². The van der Waals surface area contributed by atoms with E-state index in [1.807, 2.05) is 6.92 Å². The summed E-state index contributed by atoms with van der Waals surface area (Å²) in [7, 11) is 0. The number of aliphatic imine (C=N–C) groups is 1. The fourth-order valence-electron chi connectivity index (χ4n) is 2.34. The third-order valence-corrected chi connectivity index (χ3v) is 3.58. The van der Waals surface area contributed by atoms with Gasteiger partial charge in [-0.3, -0.25) is 0 Å². The average Bonchev–Trinajstić information content (AvgIpc) is 2.69. The topological polar surface area (TPSA) is 67.8 Å². The molecule has 0 saturated heterocycles. The summed E-state index contributed by atoms with van der Waals surface area (Å²) in [6, 6.07) is 9.32. The molecule has 0 fully saturated rings. The van der Waals surface area contributed by atoms with Gasteiger partial charge in [-0.1, -0.05) is 18.2 Å². The molecule has 0 unspecified atom stereocenters. The van der Waals surface area contributed by atoms with Crippen LogP contribution in [0.3, 0.4) is 0 Å². The van der Waals surface area contributed by atoms with Crippen molar-refractivity contribution in [2.75, 3.05) is 13.2 Å². The van der Waals surface area contributed by atoms with E-state index in [0.29, 0.717) is 23.6 Å². The first-order valence-electron chi connectivity index (χ1n) is 8.96. The first kappa shape index (κ1) is 26.7. The second-order valence-corrected chi connectivity index (χ2v) is 5.94. The summed E-state index contributed by atoms with van der Waals surface area (Å²) in [6.07, 6.45) is -3.13. The molecule has 0 aliphatic rings. The minimum absolute atomic E-state index is 0. The van der Waals surface area contributed by atoms with E-state index >= 15 is 0 Å². The minimum atomic E-state index is -4.46. The van der Waals surface area contributed by atoms with Crippen molar-refractivity contribution >= 4 is 29.9 Å². The molecule has 2 rings (SSSR count). The summed E-state index contributed by atoms with van der Waals surface area (Å²) in [5, 5.41) is 6.00. The highest BCUT2D eigenvalue weighted by Crippen LogP contribution is 2.20. The zero-order valence-electron chi connectivity index (χ0n) is 16.5. The molecule has 0 spiro atoms. The maximum Gasteiger partial charge on any atom is 0.422 e. The molecule has 0 aliphatic carbocycles. The highest BCUT2D eigenvalue weighted by atomic mass is 127. The van der Waals surface area contributed by atoms with Gasteiger partial charge in [-0.2, -0.15) is 22.0 Å². The molecule has 0 bridgehead atoms. The summed E-state index contributed by atoms with van der Waals surface area (Å²) in [6.45, 7) is -1.68. The van der Waals surface area contributed by atoms with Crippen molar-refractivity contribution in [3.63, 3.8) is 0 Å². The summed E-state index contributed by atoms with van der Waals surface area (Å²) >= 11 is 0. The lowest BCUT2D eigenvalue weighted by Crippen LogP contribution is -2.36. The summed E-state index contributed by atoms with van der Waals surface area (Å²) in [5.41, 5.74) is 1.09. The van der Waals surface area contributed by atoms with Gasteiger partial charge in [0.1, 0.15) is 5.75 Å². The number of halogens is 6. The monoisotopic (exact) mass is 560 g/mol. The number of para-hydroxylation sites is 1. The Balaban J connectivity index is 0.00000480. The molecule has 6 nitrogen and oxygen atoms in total. The van der Waals surface area contributed by atoms with Crippen molar-refractivity contribution < 1.29 is 31.4 Å². The number of hydrogen-bond donors (Lipinski definition) is 2. The van der Waals surface area contributed by atoms with Gasteiger partial charge in [0.05, 0.1) is 6.54 Å². The SMILES string of the molecule is CCNC(=NCc1ccnc(OCC(F)(F)F)c1)NCc1ccccc1OC(F)F.I. The molecule has 2 N–H and O–H groups in total. The third-order valence-electron chi connectivity index (χ3n) is 3.58. The third kappa shape index (κ3) is 10.5. The van der Waals surface area contributed by atoms with E-state index in [2.05, 4.69) is 30.1 Å². The van der Waals surface area contributed by atoms with Crippen LogP contribution in [0.4, 0.5) is 22.0 Å². The number of benzene rings is 1. The molecule has 0 saturated carbocycles. The van der Waals surface area contributed by atoms with E-state index < -0.39 is 19.4 Å². The molecule has 31 heavy (non-hydrogen) atoms. The predicted octanol–water partition coefficient (Wildman–Crippen LogP) is 4.50. The molecule has 1 heterocycles. The quantitative estimate of drug-likeness (QED) is 0.205. The average molecular weight is 560 g/mol.